The van der Waals surface area contributed by atoms with Gasteiger partial charge in [-0.15, -0.1) is 0 Å². The van der Waals surface area contributed by atoms with E-state index in [-0.39, 0.29) is 0 Å². The topological polar surface area (TPSA) is 26.5 Å². The number of nitrogens with zero attached hydrogens (tertiary/aromatic N) is 2. The summed E-state index contributed by atoms with van der Waals surface area (Å²) in [6.45, 7) is 0. The van der Waals surface area contributed by atoms with Crippen LogP contribution < -0.4 is 5.43 Å². The second-order valence-electron chi connectivity index (χ2n) is 1.44. The van der Waals surface area contributed by atoms with E-state index in [1.807, 2.05) is 0 Å². The molecule has 1 heterocycles. The van der Waals surface area contributed by atoms with Crippen LogP contribution in [0.15, 0.2) is 16.9 Å². The molecule has 0 aromatic carbocycles. The van der Waals surface area contributed by atoms with Gasteiger partial charge in [-0.1, -0.05) is 0 Å². The standard InChI is InChI=1S/C4H2F3N2/c5-4(6,7)3-1-8-9-2-3/h1-2H. The first-order chi connectivity index (χ1) is 4.11. The molecule has 1 aliphatic heterocycles. The summed E-state index contributed by atoms with van der Waals surface area (Å²) >= 11 is 0. The predicted molar refractivity (Wildman–Crippen MR) is 24.8 cm³/mol. The van der Waals surface area contributed by atoms with E-state index < -0.39 is 11.7 Å². The van der Waals surface area contributed by atoms with Gasteiger partial charge >= 0.3 is 6.18 Å². The average molecular weight is 135 g/mol. The zero-order chi connectivity index (χ0) is 6.91. The van der Waals surface area contributed by atoms with E-state index in [1.165, 1.54) is 0 Å². The van der Waals surface area contributed by atoms with Crippen molar-refractivity contribution in [2.75, 3.05) is 0 Å². The monoisotopic (exact) mass is 135 g/mol. The smallest absolute Gasteiger partial charge is 0.166 e. The van der Waals surface area contributed by atoms with Crippen molar-refractivity contribution in [3.05, 3.63) is 11.8 Å². The van der Waals surface area contributed by atoms with Crippen LogP contribution in [0.5, 0.6) is 0 Å². The predicted octanol–water partition coefficient (Wildman–Crippen LogP) is 1.04. The molecule has 0 unspecified atom stereocenters. The molecule has 0 N–H and O–H groups in total. The van der Waals surface area contributed by atoms with Crippen molar-refractivity contribution in [1.29, 1.82) is 0 Å². The summed E-state index contributed by atoms with van der Waals surface area (Å²) in [6.07, 6.45) is -2.94. The Morgan fingerprint density at radius 1 is 1.33 bits per heavy atom. The lowest BCUT2D eigenvalue weighted by molar-refractivity contribution is -0.0855. The highest BCUT2D eigenvalue weighted by Crippen LogP contribution is 2.24. The van der Waals surface area contributed by atoms with Crippen LogP contribution in [0.1, 0.15) is 0 Å². The summed E-state index contributed by atoms with van der Waals surface area (Å²) in [5.74, 6) is 0. The van der Waals surface area contributed by atoms with Gasteiger partial charge in [0.2, 0.25) is 0 Å². The Kier molecular flexibility index (Phi) is 1.19. The lowest BCUT2D eigenvalue weighted by Gasteiger charge is -2.00. The van der Waals surface area contributed by atoms with E-state index in [1.54, 1.807) is 0 Å². The third-order valence-corrected chi connectivity index (χ3v) is 0.788. The molecule has 1 radical (unpaired) electrons. The van der Waals surface area contributed by atoms with Crippen LogP contribution in [0.4, 0.5) is 13.2 Å². The molecule has 0 spiro atoms. The molecule has 49 valence electrons. The van der Waals surface area contributed by atoms with Crippen molar-refractivity contribution >= 4 is 6.21 Å². The Bertz CT molecular complexity index is 167. The summed E-state index contributed by atoms with van der Waals surface area (Å²) < 4.78 is 34.6. The highest BCUT2D eigenvalue weighted by atomic mass is 19.4. The largest absolute Gasteiger partial charge is 0.419 e. The van der Waals surface area contributed by atoms with Crippen LogP contribution in [0.2, 0.25) is 0 Å². The second kappa shape index (κ2) is 1.75. The Balaban J connectivity index is 2.73. The number of halogens is 3. The molecule has 1 rings (SSSR count). The van der Waals surface area contributed by atoms with Crippen molar-refractivity contribution < 1.29 is 13.2 Å². The van der Waals surface area contributed by atoms with Crippen LogP contribution in [-0.4, -0.2) is 12.4 Å². The van der Waals surface area contributed by atoms with Gasteiger partial charge in [-0.05, 0) is 0 Å². The summed E-state index contributed by atoms with van der Waals surface area (Å²) in [4.78, 5) is 0. The lowest BCUT2D eigenvalue weighted by Crippen LogP contribution is -2.11. The van der Waals surface area contributed by atoms with E-state index in [0.29, 0.717) is 12.4 Å². The van der Waals surface area contributed by atoms with Gasteiger partial charge in [0.05, 0.1) is 18.0 Å². The summed E-state index contributed by atoms with van der Waals surface area (Å²) in [5.41, 5.74) is 2.22. The molecule has 0 saturated carbocycles. The number of hydrogen-bond donors (Lipinski definition) is 0. The van der Waals surface area contributed by atoms with Crippen LogP contribution >= 0.6 is 0 Å². The summed E-state index contributed by atoms with van der Waals surface area (Å²) in [6, 6.07) is 0. The second-order valence-corrected chi connectivity index (χ2v) is 1.44. The fourth-order valence-electron chi connectivity index (χ4n) is 0.371. The molecule has 0 fully saturated rings. The van der Waals surface area contributed by atoms with Gasteiger partial charge in [-0.3, -0.25) is 0 Å². The molecule has 0 aliphatic carbocycles. The zero-order valence-electron chi connectivity index (χ0n) is 4.18. The van der Waals surface area contributed by atoms with Crippen LogP contribution in [0.25, 0.3) is 0 Å². The van der Waals surface area contributed by atoms with Crippen molar-refractivity contribution in [1.82, 2.24) is 5.43 Å². The molecule has 0 saturated heterocycles. The Labute approximate surface area is 49.1 Å². The summed E-state index contributed by atoms with van der Waals surface area (Å²) in [7, 11) is 0. The van der Waals surface area contributed by atoms with Gasteiger partial charge < -0.3 is 0 Å². The van der Waals surface area contributed by atoms with Crippen molar-refractivity contribution in [3.63, 3.8) is 0 Å². The quantitative estimate of drug-likeness (QED) is 0.474. The van der Waals surface area contributed by atoms with Gasteiger partial charge in [0, 0.05) is 0 Å². The molecule has 2 nitrogen and oxygen atoms in total. The first kappa shape index (κ1) is 6.12. The molecule has 0 atom stereocenters. The molecule has 5 heteroatoms. The number of allylic oxidation sites excluding steroid dienone is 1. The zero-order valence-corrected chi connectivity index (χ0v) is 4.18. The molecule has 0 bridgehead atoms. The maximum Gasteiger partial charge on any atom is 0.419 e. The molecule has 9 heavy (non-hydrogen) atoms. The molecule has 0 aromatic rings. The molecular formula is C4H2F3N2. The fourth-order valence-corrected chi connectivity index (χ4v) is 0.371. The number of rotatable bonds is 0. The highest BCUT2D eigenvalue weighted by Gasteiger charge is 2.34. The van der Waals surface area contributed by atoms with Crippen molar-refractivity contribution in [3.8, 4) is 0 Å². The van der Waals surface area contributed by atoms with E-state index in [0.717, 1.165) is 0 Å². The number of alkyl halides is 3. The molecule has 0 amide bonds. The van der Waals surface area contributed by atoms with Gasteiger partial charge in [0.15, 0.2) is 0 Å². The van der Waals surface area contributed by atoms with Gasteiger partial charge in [0.1, 0.15) is 0 Å². The maximum atomic E-state index is 11.5. The normalized spacial score (nSPS) is 17.4. The van der Waals surface area contributed by atoms with E-state index >= 15 is 0 Å². The van der Waals surface area contributed by atoms with E-state index in [2.05, 4.69) is 10.5 Å². The minimum atomic E-state index is -4.30. The van der Waals surface area contributed by atoms with Crippen LogP contribution in [0, 0.1) is 0 Å². The van der Waals surface area contributed by atoms with E-state index in [4.69, 9.17) is 0 Å². The van der Waals surface area contributed by atoms with Crippen LogP contribution in [-0.2, 0) is 0 Å². The number of hydrogen-bond acceptors (Lipinski definition) is 1. The maximum absolute atomic E-state index is 11.5. The SMILES string of the molecule is FC(F)(F)C1=C[N]N=C1. The average Bonchev–Trinajstić information content (AvgIpc) is 2.08. The minimum absolute atomic E-state index is 0.681. The Morgan fingerprint density at radius 2 is 2.00 bits per heavy atom. The first-order valence-corrected chi connectivity index (χ1v) is 2.11. The van der Waals surface area contributed by atoms with Gasteiger partial charge in [-0.25, -0.2) is 0 Å². The third-order valence-electron chi connectivity index (χ3n) is 0.788. The third kappa shape index (κ3) is 1.22. The molecule has 1 aliphatic rings. The van der Waals surface area contributed by atoms with Gasteiger partial charge in [-0.2, -0.15) is 23.7 Å². The summed E-state index contributed by atoms with van der Waals surface area (Å²) in [5, 5.41) is 3.02. The minimum Gasteiger partial charge on any atom is -0.166 e. The Hall–Kier alpha value is -1.00. The molecular weight excluding hydrogens is 133 g/mol. The highest BCUT2D eigenvalue weighted by molar-refractivity contribution is 5.81. The van der Waals surface area contributed by atoms with Gasteiger partial charge in [0.25, 0.3) is 0 Å². The van der Waals surface area contributed by atoms with Crippen molar-refractivity contribution in [2.45, 2.75) is 6.18 Å². The Morgan fingerprint density at radius 3 is 2.22 bits per heavy atom. The first-order valence-electron chi connectivity index (χ1n) is 2.11. The van der Waals surface area contributed by atoms with Crippen molar-refractivity contribution in [2.24, 2.45) is 5.10 Å². The fraction of sp³-hybridized carbons (Fsp3) is 0.250. The van der Waals surface area contributed by atoms with Crippen LogP contribution in [0.3, 0.4) is 0 Å². The molecule has 0 aromatic heterocycles. The lowest BCUT2D eigenvalue weighted by atomic mass is 10.3. The van der Waals surface area contributed by atoms with E-state index in [9.17, 15) is 13.2 Å².